The Hall–Kier alpha value is -0.580. The summed E-state index contributed by atoms with van der Waals surface area (Å²) >= 11 is 3.65. The summed E-state index contributed by atoms with van der Waals surface area (Å²) in [4.78, 5) is 0. The summed E-state index contributed by atoms with van der Waals surface area (Å²) in [5.41, 5.74) is 2.38. The molecule has 0 aliphatic carbocycles. The number of halogens is 1. The molecule has 1 aromatic rings. The van der Waals surface area contributed by atoms with Gasteiger partial charge < -0.3 is 14.8 Å². The summed E-state index contributed by atoms with van der Waals surface area (Å²) in [7, 11) is 1.74. The predicted molar refractivity (Wildman–Crippen MR) is 90.1 cm³/mol. The second-order valence-corrected chi connectivity index (χ2v) is 6.53. The van der Waals surface area contributed by atoms with Crippen molar-refractivity contribution < 1.29 is 9.47 Å². The normalized spacial score (nSPS) is 20.3. The quantitative estimate of drug-likeness (QED) is 0.821. The van der Waals surface area contributed by atoms with Crippen LogP contribution in [-0.2, 0) is 4.74 Å². The molecule has 21 heavy (non-hydrogen) atoms. The molecule has 1 fully saturated rings. The van der Waals surface area contributed by atoms with E-state index in [4.69, 9.17) is 9.47 Å². The van der Waals surface area contributed by atoms with E-state index in [9.17, 15) is 0 Å². The van der Waals surface area contributed by atoms with Gasteiger partial charge in [0.15, 0.2) is 0 Å². The van der Waals surface area contributed by atoms with Crippen molar-refractivity contribution in [1.29, 1.82) is 0 Å². The van der Waals surface area contributed by atoms with E-state index in [1.54, 1.807) is 7.11 Å². The fourth-order valence-corrected chi connectivity index (χ4v) is 3.22. The smallest absolute Gasteiger partial charge is 0.124 e. The summed E-state index contributed by atoms with van der Waals surface area (Å²) in [6.45, 7) is 6.12. The molecule has 0 radical (unpaired) electrons. The summed E-state index contributed by atoms with van der Waals surface area (Å²) in [5.74, 6) is 0.943. The molecule has 2 rings (SSSR count). The highest BCUT2D eigenvalue weighted by Gasteiger charge is 2.28. The highest BCUT2D eigenvalue weighted by atomic mass is 79.9. The van der Waals surface area contributed by atoms with Gasteiger partial charge in [-0.1, -0.05) is 22.9 Å². The van der Waals surface area contributed by atoms with Gasteiger partial charge in [-0.3, -0.25) is 0 Å². The number of hydrogen-bond donors (Lipinski definition) is 1. The second-order valence-electron chi connectivity index (χ2n) is 5.68. The molecular weight excluding hydrogens is 330 g/mol. The average molecular weight is 356 g/mol. The van der Waals surface area contributed by atoms with Gasteiger partial charge in [-0.05, 0) is 56.8 Å². The third-order valence-corrected chi connectivity index (χ3v) is 4.90. The van der Waals surface area contributed by atoms with E-state index in [2.05, 4.69) is 47.2 Å². The molecule has 2 unspecified atom stereocenters. The van der Waals surface area contributed by atoms with E-state index in [0.29, 0.717) is 0 Å². The third kappa shape index (κ3) is 4.21. The van der Waals surface area contributed by atoms with Crippen molar-refractivity contribution in [3.63, 3.8) is 0 Å². The molecule has 1 saturated heterocycles. The fraction of sp³-hybridized carbons (Fsp3) is 0.647. The van der Waals surface area contributed by atoms with Crippen LogP contribution in [0, 0.1) is 6.92 Å². The van der Waals surface area contributed by atoms with Gasteiger partial charge in [0.1, 0.15) is 5.75 Å². The zero-order valence-corrected chi connectivity index (χ0v) is 14.8. The highest BCUT2D eigenvalue weighted by molar-refractivity contribution is 9.10. The Morgan fingerprint density at radius 2 is 2.24 bits per heavy atom. The molecular formula is C17H26BrNO2. The molecule has 1 aliphatic rings. The molecule has 3 nitrogen and oxygen atoms in total. The number of hydrogen-bond acceptors (Lipinski definition) is 3. The Morgan fingerprint density at radius 1 is 1.43 bits per heavy atom. The summed E-state index contributed by atoms with van der Waals surface area (Å²) < 4.78 is 12.8. The minimum absolute atomic E-state index is 0.192. The van der Waals surface area contributed by atoms with Crippen molar-refractivity contribution in [2.75, 3.05) is 20.3 Å². The van der Waals surface area contributed by atoms with Gasteiger partial charge in [-0.25, -0.2) is 0 Å². The van der Waals surface area contributed by atoms with E-state index in [-0.39, 0.29) is 12.1 Å². The Labute approximate surface area is 136 Å². The Balaban J connectivity index is 2.32. The monoisotopic (exact) mass is 355 g/mol. The molecule has 0 aromatic heterocycles. The molecule has 0 saturated carbocycles. The molecule has 0 bridgehead atoms. The average Bonchev–Trinajstić information content (AvgIpc) is 2.51. The van der Waals surface area contributed by atoms with Crippen molar-refractivity contribution >= 4 is 15.9 Å². The maximum Gasteiger partial charge on any atom is 0.124 e. The van der Waals surface area contributed by atoms with Crippen molar-refractivity contribution in [2.45, 2.75) is 51.7 Å². The van der Waals surface area contributed by atoms with Gasteiger partial charge >= 0.3 is 0 Å². The Kier molecular flexibility index (Phi) is 6.52. The van der Waals surface area contributed by atoms with Crippen LogP contribution in [0.1, 0.15) is 49.8 Å². The lowest BCUT2D eigenvalue weighted by Crippen LogP contribution is -2.36. The number of rotatable bonds is 6. The Morgan fingerprint density at radius 3 is 2.86 bits per heavy atom. The van der Waals surface area contributed by atoms with Crippen LogP contribution in [0.2, 0.25) is 0 Å². The molecule has 1 aromatic carbocycles. The van der Waals surface area contributed by atoms with Gasteiger partial charge in [0.2, 0.25) is 0 Å². The molecule has 0 amide bonds. The van der Waals surface area contributed by atoms with Gasteiger partial charge in [-0.2, -0.15) is 0 Å². The largest absolute Gasteiger partial charge is 0.496 e. The van der Waals surface area contributed by atoms with Crippen LogP contribution in [0.15, 0.2) is 16.6 Å². The second kappa shape index (κ2) is 8.16. The number of aryl methyl sites for hydroxylation is 1. The molecule has 1 aliphatic heterocycles. The summed E-state index contributed by atoms with van der Waals surface area (Å²) in [6.07, 6.45) is 4.86. The topological polar surface area (TPSA) is 30.5 Å². The van der Waals surface area contributed by atoms with Crippen LogP contribution < -0.4 is 10.1 Å². The van der Waals surface area contributed by atoms with Crippen LogP contribution in [0.5, 0.6) is 5.75 Å². The number of methoxy groups -OCH3 is 1. The van der Waals surface area contributed by atoms with Crippen molar-refractivity contribution in [3.05, 3.63) is 27.7 Å². The van der Waals surface area contributed by atoms with Crippen molar-refractivity contribution in [1.82, 2.24) is 5.32 Å². The molecule has 2 atom stereocenters. The number of nitrogens with one attached hydrogen (secondary N) is 1. The predicted octanol–water partition coefficient (Wildman–Crippen LogP) is 4.38. The molecule has 0 spiro atoms. The van der Waals surface area contributed by atoms with Crippen molar-refractivity contribution in [2.24, 2.45) is 0 Å². The standard InChI is InChI=1S/C17H26BrNO2/c1-4-8-19-17(15-7-5-6-9-21-15)13-11-14(18)12(2)10-16(13)20-3/h10-11,15,17,19H,4-9H2,1-3H3. The third-order valence-electron chi connectivity index (χ3n) is 4.05. The van der Waals surface area contributed by atoms with Crippen molar-refractivity contribution in [3.8, 4) is 5.75 Å². The molecule has 4 heteroatoms. The van der Waals surface area contributed by atoms with Crippen LogP contribution in [-0.4, -0.2) is 26.4 Å². The first-order valence-corrected chi connectivity index (χ1v) is 8.65. The van der Waals surface area contributed by atoms with E-state index in [1.807, 2.05) is 0 Å². The van der Waals surface area contributed by atoms with Gasteiger partial charge in [0.05, 0.1) is 19.3 Å². The van der Waals surface area contributed by atoms with E-state index >= 15 is 0 Å². The first-order chi connectivity index (χ1) is 10.2. The van der Waals surface area contributed by atoms with E-state index in [1.165, 1.54) is 24.0 Å². The first kappa shape index (κ1) is 16.8. The lowest BCUT2D eigenvalue weighted by Gasteiger charge is -2.32. The van der Waals surface area contributed by atoms with Crippen LogP contribution in [0.3, 0.4) is 0 Å². The minimum atomic E-state index is 0.192. The Bertz CT molecular complexity index is 458. The number of ether oxygens (including phenoxy) is 2. The van der Waals surface area contributed by atoms with Gasteiger partial charge in [0.25, 0.3) is 0 Å². The van der Waals surface area contributed by atoms with Crippen LogP contribution in [0.4, 0.5) is 0 Å². The van der Waals surface area contributed by atoms with E-state index < -0.39 is 0 Å². The maximum absolute atomic E-state index is 6.03. The van der Waals surface area contributed by atoms with Crippen LogP contribution >= 0.6 is 15.9 Å². The SMILES string of the molecule is CCCNC(c1cc(Br)c(C)cc1OC)C1CCCCO1. The molecule has 1 N–H and O–H groups in total. The zero-order valence-electron chi connectivity index (χ0n) is 13.2. The minimum Gasteiger partial charge on any atom is -0.496 e. The lowest BCUT2D eigenvalue weighted by atomic mass is 9.94. The molecule has 118 valence electrons. The van der Waals surface area contributed by atoms with Gasteiger partial charge in [-0.15, -0.1) is 0 Å². The van der Waals surface area contributed by atoms with Gasteiger partial charge in [0, 0.05) is 16.6 Å². The summed E-state index contributed by atoms with van der Waals surface area (Å²) in [5, 5.41) is 3.65. The first-order valence-electron chi connectivity index (χ1n) is 7.86. The fourth-order valence-electron chi connectivity index (χ4n) is 2.86. The summed E-state index contributed by atoms with van der Waals surface area (Å²) in [6, 6.07) is 4.47. The maximum atomic E-state index is 6.03. The van der Waals surface area contributed by atoms with E-state index in [0.717, 1.165) is 36.2 Å². The lowest BCUT2D eigenvalue weighted by molar-refractivity contribution is -0.00860. The van der Waals surface area contributed by atoms with Crippen LogP contribution in [0.25, 0.3) is 0 Å². The highest BCUT2D eigenvalue weighted by Crippen LogP contribution is 2.35. The zero-order chi connectivity index (χ0) is 15.2. The number of benzene rings is 1. The molecule has 1 heterocycles.